The molecule has 1 aliphatic rings. The van der Waals surface area contributed by atoms with Crippen molar-refractivity contribution in [3.8, 4) is 0 Å². The fourth-order valence-corrected chi connectivity index (χ4v) is 4.47. The molecule has 0 spiro atoms. The van der Waals surface area contributed by atoms with Crippen LogP contribution in [0, 0.1) is 5.82 Å². The molecular weight excluding hydrogens is 451 g/mol. The Labute approximate surface area is 183 Å². The van der Waals surface area contributed by atoms with E-state index < -0.39 is 39.4 Å². The van der Waals surface area contributed by atoms with Gasteiger partial charge in [-0.2, -0.15) is 4.31 Å². The van der Waals surface area contributed by atoms with Crippen LogP contribution in [0.25, 0.3) is 0 Å². The van der Waals surface area contributed by atoms with Gasteiger partial charge in [0.05, 0.1) is 23.7 Å². The van der Waals surface area contributed by atoms with Crippen LogP contribution in [0.4, 0.5) is 10.1 Å². The van der Waals surface area contributed by atoms with Crippen LogP contribution in [0.2, 0.25) is 5.02 Å². The Kier molecular flexibility index (Phi) is 7.26. The molecule has 1 atom stereocenters. The van der Waals surface area contributed by atoms with Crippen LogP contribution >= 0.6 is 11.6 Å². The molecule has 1 N–H and O–H groups in total. The number of nitrogens with one attached hydrogen (secondary N) is 1. The molecule has 11 heteroatoms. The average molecular weight is 471 g/mol. The smallest absolute Gasteiger partial charge is 0.341 e. The average Bonchev–Trinajstić information content (AvgIpc) is 2.74. The fourth-order valence-electron chi connectivity index (χ4n) is 2.84. The first-order chi connectivity index (χ1) is 14.7. The van der Waals surface area contributed by atoms with E-state index in [1.165, 1.54) is 17.3 Å². The van der Waals surface area contributed by atoms with Gasteiger partial charge in [-0.3, -0.25) is 4.79 Å². The second-order valence-corrected chi connectivity index (χ2v) is 9.08. The lowest BCUT2D eigenvalue weighted by atomic mass is 10.2. The summed E-state index contributed by atoms with van der Waals surface area (Å²) in [7, 11) is -3.94. The van der Waals surface area contributed by atoms with Gasteiger partial charge in [-0.15, -0.1) is 0 Å². The molecule has 31 heavy (non-hydrogen) atoms. The van der Waals surface area contributed by atoms with Gasteiger partial charge >= 0.3 is 5.97 Å². The molecule has 1 unspecified atom stereocenters. The Morgan fingerprint density at radius 3 is 2.58 bits per heavy atom. The van der Waals surface area contributed by atoms with Crippen molar-refractivity contribution in [3.63, 3.8) is 0 Å². The summed E-state index contributed by atoms with van der Waals surface area (Å²) in [5.41, 5.74) is -0.193. The number of anilines is 1. The van der Waals surface area contributed by atoms with Crippen molar-refractivity contribution in [1.29, 1.82) is 0 Å². The van der Waals surface area contributed by atoms with Crippen molar-refractivity contribution < 1.29 is 31.9 Å². The third kappa shape index (κ3) is 5.59. The van der Waals surface area contributed by atoms with E-state index in [4.69, 9.17) is 21.1 Å². The van der Waals surface area contributed by atoms with Gasteiger partial charge in [0.1, 0.15) is 5.82 Å². The number of hydrogen-bond donors (Lipinski definition) is 1. The normalized spacial score (nSPS) is 15.8. The Hall–Kier alpha value is -2.53. The number of nitrogens with zero attached hydrogens (tertiary/aromatic N) is 1. The molecule has 2 aromatic rings. The minimum Gasteiger partial charge on any atom is -0.449 e. The van der Waals surface area contributed by atoms with Gasteiger partial charge < -0.3 is 14.8 Å². The maximum Gasteiger partial charge on any atom is 0.341 e. The number of benzene rings is 2. The van der Waals surface area contributed by atoms with E-state index in [-0.39, 0.29) is 31.2 Å². The number of halogens is 2. The number of rotatable bonds is 6. The molecule has 1 amide bonds. The van der Waals surface area contributed by atoms with E-state index in [2.05, 4.69) is 5.32 Å². The predicted molar refractivity (Wildman–Crippen MR) is 111 cm³/mol. The van der Waals surface area contributed by atoms with Crippen molar-refractivity contribution in [1.82, 2.24) is 4.31 Å². The fraction of sp³-hybridized carbons (Fsp3) is 0.300. The number of ether oxygens (including phenoxy) is 2. The second kappa shape index (κ2) is 9.73. The van der Waals surface area contributed by atoms with Crippen molar-refractivity contribution in [2.24, 2.45) is 0 Å². The van der Waals surface area contributed by atoms with Crippen LogP contribution in [-0.4, -0.2) is 57.0 Å². The molecule has 3 rings (SSSR count). The van der Waals surface area contributed by atoms with Crippen LogP contribution in [0.15, 0.2) is 47.4 Å². The lowest BCUT2D eigenvalue weighted by molar-refractivity contribution is -0.123. The van der Waals surface area contributed by atoms with Crippen LogP contribution in [0.1, 0.15) is 17.3 Å². The molecule has 0 saturated carbocycles. The zero-order valence-corrected chi connectivity index (χ0v) is 18.1. The van der Waals surface area contributed by atoms with E-state index >= 15 is 0 Å². The molecule has 2 aromatic carbocycles. The zero-order chi connectivity index (χ0) is 22.6. The van der Waals surface area contributed by atoms with Gasteiger partial charge in [0.15, 0.2) is 6.10 Å². The predicted octanol–water partition coefficient (Wildman–Crippen LogP) is 2.68. The number of carbonyl (C=O) groups is 2. The Morgan fingerprint density at radius 2 is 1.90 bits per heavy atom. The zero-order valence-electron chi connectivity index (χ0n) is 16.5. The van der Waals surface area contributed by atoms with E-state index in [0.717, 1.165) is 18.2 Å². The monoisotopic (exact) mass is 470 g/mol. The highest BCUT2D eigenvalue weighted by molar-refractivity contribution is 7.89. The van der Waals surface area contributed by atoms with E-state index in [1.54, 1.807) is 18.2 Å². The maximum atomic E-state index is 14.2. The molecule has 0 bridgehead atoms. The largest absolute Gasteiger partial charge is 0.449 e. The lowest BCUT2D eigenvalue weighted by Crippen LogP contribution is -2.40. The number of hydrogen-bond acceptors (Lipinski definition) is 6. The highest BCUT2D eigenvalue weighted by Gasteiger charge is 2.29. The third-order valence-electron chi connectivity index (χ3n) is 4.51. The quantitative estimate of drug-likeness (QED) is 0.651. The van der Waals surface area contributed by atoms with Crippen molar-refractivity contribution >= 4 is 39.2 Å². The van der Waals surface area contributed by atoms with Gasteiger partial charge in [0.2, 0.25) is 10.0 Å². The minimum atomic E-state index is -3.94. The topological polar surface area (TPSA) is 102 Å². The number of sulfonamides is 1. The maximum absolute atomic E-state index is 14.2. The van der Waals surface area contributed by atoms with E-state index in [9.17, 15) is 22.4 Å². The molecule has 0 radical (unpaired) electrons. The lowest BCUT2D eigenvalue weighted by Gasteiger charge is -2.26. The van der Waals surface area contributed by atoms with Crippen molar-refractivity contribution in [3.05, 3.63) is 58.9 Å². The van der Waals surface area contributed by atoms with Gasteiger partial charge in [-0.05, 0) is 43.3 Å². The van der Waals surface area contributed by atoms with Crippen LogP contribution in [0.5, 0.6) is 0 Å². The van der Waals surface area contributed by atoms with Gasteiger partial charge in [0, 0.05) is 23.8 Å². The van der Waals surface area contributed by atoms with Crippen LogP contribution in [0.3, 0.4) is 0 Å². The first-order valence-corrected chi connectivity index (χ1v) is 11.1. The summed E-state index contributed by atoms with van der Waals surface area (Å²) >= 11 is 5.86. The molecule has 1 saturated heterocycles. The summed E-state index contributed by atoms with van der Waals surface area (Å²) in [6, 6.07) is 9.22. The molecule has 1 aliphatic heterocycles. The summed E-state index contributed by atoms with van der Waals surface area (Å²) in [4.78, 5) is 24.5. The summed E-state index contributed by atoms with van der Waals surface area (Å²) in [6.45, 7) is 2.10. The van der Waals surface area contributed by atoms with Crippen molar-refractivity contribution in [2.45, 2.75) is 17.9 Å². The Morgan fingerprint density at radius 1 is 1.19 bits per heavy atom. The minimum absolute atomic E-state index is 0.153. The van der Waals surface area contributed by atoms with Gasteiger partial charge in [0.25, 0.3) is 5.91 Å². The van der Waals surface area contributed by atoms with Gasteiger partial charge in [-0.25, -0.2) is 17.6 Å². The van der Waals surface area contributed by atoms with Gasteiger partial charge in [-0.1, -0.05) is 17.7 Å². The molecule has 0 aromatic heterocycles. The molecule has 166 valence electrons. The number of esters is 1. The number of amides is 1. The first kappa shape index (κ1) is 23.1. The standard InChI is InChI=1S/C20H20ClFN2O6S/c1-13(19(25)23-15-4-2-3-14(21)11-15)30-20(26)17-12-16(5-6-18(17)22)31(27,28)24-7-9-29-10-8-24/h2-6,11-13H,7-10H2,1H3,(H,23,25). The molecule has 1 fully saturated rings. The molecule has 0 aliphatic carbocycles. The number of carbonyl (C=O) groups excluding carboxylic acids is 2. The third-order valence-corrected chi connectivity index (χ3v) is 6.64. The highest BCUT2D eigenvalue weighted by Crippen LogP contribution is 2.21. The highest BCUT2D eigenvalue weighted by atomic mass is 35.5. The number of morpholine rings is 1. The molecular formula is C20H20ClFN2O6S. The Balaban J connectivity index is 1.73. The van der Waals surface area contributed by atoms with Crippen LogP contribution in [-0.2, 0) is 24.3 Å². The second-order valence-electron chi connectivity index (χ2n) is 6.71. The molecule has 8 nitrogen and oxygen atoms in total. The summed E-state index contributed by atoms with van der Waals surface area (Å²) < 4.78 is 51.1. The molecule has 1 heterocycles. The Bertz CT molecular complexity index is 1090. The van der Waals surface area contributed by atoms with E-state index in [0.29, 0.717) is 10.7 Å². The SMILES string of the molecule is CC(OC(=O)c1cc(S(=O)(=O)N2CCOCC2)ccc1F)C(=O)Nc1cccc(Cl)c1. The summed E-state index contributed by atoms with van der Waals surface area (Å²) in [6.07, 6.45) is -1.27. The van der Waals surface area contributed by atoms with Crippen molar-refractivity contribution in [2.75, 3.05) is 31.6 Å². The van der Waals surface area contributed by atoms with E-state index in [1.807, 2.05) is 0 Å². The summed E-state index contributed by atoms with van der Waals surface area (Å²) in [5, 5.41) is 2.93. The summed E-state index contributed by atoms with van der Waals surface area (Å²) in [5.74, 6) is -2.79. The first-order valence-electron chi connectivity index (χ1n) is 9.33. The van der Waals surface area contributed by atoms with Crippen LogP contribution < -0.4 is 5.32 Å².